The number of piperidine rings is 1. The summed E-state index contributed by atoms with van der Waals surface area (Å²) in [5, 5.41) is 4.59. The Morgan fingerprint density at radius 2 is 1.62 bits per heavy atom. The van der Waals surface area contributed by atoms with E-state index in [0.717, 1.165) is 42.0 Å². The number of rotatable bonds is 7. The predicted molar refractivity (Wildman–Crippen MR) is 215 cm³/mol. The number of fused-ring (bicyclic) bond motifs is 5. The van der Waals surface area contributed by atoms with Gasteiger partial charge in [-0.05, 0) is 69.2 Å². The highest BCUT2D eigenvalue weighted by Gasteiger charge is 2.29. The minimum absolute atomic E-state index is 0.0509. The van der Waals surface area contributed by atoms with Crippen LogP contribution in [0.4, 0.5) is 5.82 Å². The molecule has 0 aliphatic carbocycles. The first-order chi connectivity index (χ1) is 26.8. The summed E-state index contributed by atoms with van der Waals surface area (Å²) in [7, 11) is 1.28. The number of carbonyl (C=O) groups excluding carboxylic acids is 3. The van der Waals surface area contributed by atoms with Crippen molar-refractivity contribution in [2.75, 3.05) is 71.8 Å². The third-order valence-electron chi connectivity index (χ3n) is 10.3. The number of sulfone groups is 1. The fourth-order valence-electron chi connectivity index (χ4n) is 7.49. The summed E-state index contributed by atoms with van der Waals surface area (Å²) in [6.07, 6.45) is 4.05. The number of pyridine rings is 1. The van der Waals surface area contributed by atoms with Crippen LogP contribution in [-0.4, -0.2) is 113 Å². The fourth-order valence-corrected chi connectivity index (χ4v) is 9.01. The van der Waals surface area contributed by atoms with Gasteiger partial charge in [-0.15, -0.1) is 11.3 Å². The molecule has 16 heteroatoms. The maximum Gasteiger partial charge on any atom is 0.266 e. The standard InChI is InChI=1S/C40H50N6O8S2/c1-25-38(55-26(2)42-25)40(49)46-16-8-7-15-44(35(48)18-27-11-13-30(14-12-27)56(6,50)51)23-29-19-31-32(20-33(52-3)37(54-5)36(31)53-4)43-39(29)45-17-9-10-28(22-45)21-41-34(47)24-46/h11-14,19-20,28H,7-10,15-18,21-24H2,1-6H3,(H,41,47). The molecule has 1 unspecified atom stereocenters. The number of aryl methyl sites for hydroxylation is 2. The summed E-state index contributed by atoms with van der Waals surface area (Å²) in [6, 6.07) is 10.2. The summed E-state index contributed by atoms with van der Waals surface area (Å²) < 4.78 is 41.5. The molecule has 2 aromatic heterocycles. The van der Waals surface area contributed by atoms with Crippen LogP contribution in [0.2, 0.25) is 0 Å². The highest BCUT2D eigenvalue weighted by Crippen LogP contribution is 2.44. The van der Waals surface area contributed by atoms with Gasteiger partial charge in [0.1, 0.15) is 10.7 Å². The van der Waals surface area contributed by atoms with E-state index in [0.29, 0.717) is 83.3 Å². The zero-order chi connectivity index (χ0) is 40.1. The van der Waals surface area contributed by atoms with E-state index in [2.05, 4.69) is 15.2 Å². The van der Waals surface area contributed by atoms with Crippen LogP contribution in [0.1, 0.15) is 57.2 Å². The zero-order valence-electron chi connectivity index (χ0n) is 32.8. The van der Waals surface area contributed by atoms with Gasteiger partial charge in [-0.3, -0.25) is 14.4 Å². The molecule has 1 saturated heterocycles. The summed E-state index contributed by atoms with van der Waals surface area (Å²) in [5.41, 5.74) is 2.78. The number of anilines is 1. The summed E-state index contributed by atoms with van der Waals surface area (Å²) in [4.78, 5) is 57.5. The number of aromatic nitrogens is 2. The second kappa shape index (κ2) is 17.5. The van der Waals surface area contributed by atoms with Crippen molar-refractivity contribution >= 4 is 55.6 Å². The van der Waals surface area contributed by atoms with Crippen LogP contribution in [0.15, 0.2) is 41.3 Å². The lowest BCUT2D eigenvalue weighted by molar-refractivity contribution is -0.131. The lowest BCUT2D eigenvalue weighted by Gasteiger charge is -2.36. The monoisotopic (exact) mass is 806 g/mol. The molecule has 1 atom stereocenters. The van der Waals surface area contributed by atoms with Crippen molar-refractivity contribution in [2.45, 2.75) is 57.4 Å². The normalized spacial score (nSPS) is 17.3. The number of benzene rings is 2. The molecule has 56 heavy (non-hydrogen) atoms. The van der Waals surface area contributed by atoms with Crippen molar-refractivity contribution in [3.05, 3.63) is 63.1 Å². The van der Waals surface area contributed by atoms with Crippen LogP contribution < -0.4 is 24.4 Å². The topological polar surface area (TPSA) is 161 Å². The number of ether oxygens (including phenoxy) is 3. The van der Waals surface area contributed by atoms with Crippen molar-refractivity contribution in [1.29, 1.82) is 0 Å². The maximum absolute atomic E-state index is 14.3. The van der Waals surface area contributed by atoms with E-state index in [9.17, 15) is 22.8 Å². The molecule has 0 radical (unpaired) electrons. The summed E-state index contributed by atoms with van der Waals surface area (Å²) in [5.74, 6) is 1.62. The van der Waals surface area contributed by atoms with Crippen molar-refractivity contribution in [2.24, 2.45) is 5.92 Å². The van der Waals surface area contributed by atoms with Crippen molar-refractivity contribution < 1.29 is 37.0 Å². The Labute approximate surface area is 332 Å². The SMILES string of the molecule is COc1cc2nc3c(cc2c(OC)c1OC)CN(C(=O)Cc1ccc(S(C)(=O)=O)cc1)CCCCN(C(=O)c1sc(C)nc1C)CC(=O)NCC1CCCN3C1. The van der Waals surface area contributed by atoms with E-state index in [1.165, 1.54) is 23.5 Å². The van der Waals surface area contributed by atoms with Gasteiger partial charge in [-0.1, -0.05) is 12.1 Å². The Morgan fingerprint density at radius 1 is 0.911 bits per heavy atom. The van der Waals surface area contributed by atoms with E-state index in [1.807, 2.05) is 19.1 Å². The summed E-state index contributed by atoms with van der Waals surface area (Å²) in [6.45, 7) is 6.29. The number of amides is 3. The third kappa shape index (κ3) is 9.18. The minimum Gasteiger partial charge on any atom is -0.493 e. The second-order valence-corrected chi connectivity index (χ2v) is 17.6. The van der Waals surface area contributed by atoms with Crippen molar-refractivity contribution in [3.63, 3.8) is 0 Å². The highest BCUT2D eigenvalue weighted by molar-refractivity contribution is 7.90. The third-order valence-corrected chi connectivity index (χ3v) is 12.5. The Hall–Kier alpha value is -4.96. The lowest BCUT2D eigenvalue weighted by atomic mass is 9.97. The average Bonchev–Trinajstić information content (AvgIpc) is 3.52. The van der Waals surface area contributed by atoms with E-state index in [4.69, 9.17) is 19.2 Å². The van der Waals surface area contributed by atoms with Gasteiger partial charge in [-0.2, -0.15) is 0 Å². The van der Waals surface area contributed by atoms with Crippen LogP contribution in [0.25, 0.3) is 10.9 Å². The molecule has 14 nitrogen and oxygen atoms in total. The van der Waals surface area contributed by atoms with Gasteiger partial charge >= 0.3 is 0 Å². The van der Waals surface area contributed by atoms with E-state index in [1.54, 1.807) is 50.2 Å². The molecular weight excluding hydrogens is 757 g/mol. The van der Waals surface area contributed by atoms with Gasteiger partial charge < -0.3 is 34.2 Å². The quantitative estimate of drug-likeness (QED) is 0.279. The first kappa shape index (κ1) is 40.7. The number of nitrogens with one attached hydrogen (secondary N) is 1. The van der Waals surface area contributed by atoms with Crippen LogP contribution in [0.3, 0.4) is 0 Å². The van der Waals surface area contributed by atoms with E-state index >= 15 is 0 Å². The molecule has 4 aromatic rings. The number of hydrogen-bond acceptors (Lipinski definition) is 12. The maximum atomic E-state index is 14.3. The number of carbonyl (C=O) groups is 3. The molecule has 1 fully saturated rings. The largest absolute Gasteiger partial charge is 0.493 e. The Bertz CT molecular complexity index is 2210. The lowest BCUT2D eigenvalue weighted by Crippen LogP contribution is -2.45. The van der Waals surface area contributed by atoms with Crippen LogP contribution in [-0.2, 0) is 32.4 Å². The van der Waals surface area contributed by atoms with Crippen molar-refractivity contribution in [1.82, 2.24) is 25.1 Å². The molecule has 2 aliphatic heterocycles. The first-order valence-electron chi connectivity index (χ1n) is 18.7. The summed E-state index contributed by atoms with van der Waals surface area (Å²) >= 11 is 1.32. The number of methoxy groups -OCH3 is 3. The zero-order valence-corrected chi connectivity index (χ0v) is 34.5. The van der Waals surface area contributed by atoms with E-state index in [-0.39, 0.29) is 48.0 Å². The molecule has 2 bridgehead atoms. The molecule has 2 aliphatic rings. The van der Waals surface area contributed by atoms with Crippen LogP contribution in [0.5, 0.6) is 17.2 Å². The second-order valence-electron chi connectivity index (χ2n) is 14.4. The molecule has 6 rings (SSSR count). The average molecular weight is 807 g/mol. The Morgan fingerprint density at radius 3 is 2.27 bits per heavy atom. The Balaban J connectivity index is 1.40. The Kier molecular flexibility index (Phi) is 12.7. The molecule has 300 valence electrons. The highest BCUT2D eigenvalue weighted by atomic mass is 32.2. The predicted octanol–water partition coefficient (Wildman–Crippen LogP) is 4.58. The van der Waals surface area contributed by atoms with Gasteiger partial charge in [0.05, 0.1) is 55.4 Å². The first-order valence-corrected chi connectivity index (χ1v) is 21.4. The van der Waals surface area contributed by atoms with Gasteiger partial charge in [-0.25, -0.2) is 18.4 Å². The molecule has 3 amide bonds. The smallest absolute Gasteiger partial charge is 0.266 e. The number of thiazole rings is 1. The molecular formula is C40H50N6O8S2. The molecule has 2 aromatic carbocycles. The molecule has 4 heterocycles. The molecule has 1 N–H and O–H groups in total. The van der Waals surface area contributed by atoms with Crippen LogP contribution >= 0.6 is 11.3 Å². The molecule has 0 spiro atoms. The van der Waals surface area contributed by atoms with Gasteiger partial charge in [0.15, 0.2) is 21.3 Å². The number of hydrogen-bond donors (Lipinski definition) is 1. The fraction of sp³-hybridized carbons (Fsp3) is 0.475. The minimum atomic E-state index is -3.40. The molecule has 0 saturated carbocycles. The number of nitrogens with zero attached hydrogens (tertiary/aromatic N) is 5. The van der Waals surface area contributed by atoms with Crippen molar-refractivity contribution in [3.8, 4) is 17.2 Å². The van der Waals surface area contributed by atoms with Gasteiger partial charge in [0, 0.05) is 62.5 Å². The van der Waals surface area contributed by atoms with Gasteiger partial charge in [0.2, 0.25) is 17.6 Å². The van der Waals surface area contributed by atoms with Crippen LogP contribution in [0, 0.1) is 19.8 Å². The van der Waals surface area contributed by atoms with Gasteiger partial charge in [0.25, 0.3) is 5.91 Å². The van der Waals surface area contributed by atoms with E-state index < -0.39 is 9.84 Å².